The molecule has 2 aliphatic rings. The van der Waals surface area contributed by atoms with E-state index in [-0.39, 0.29) is 5.41 Å². The van der Waals surface area contributed by atoms with Crippen LogP contribution in [0.25, 0.3) is 67.3 Å². The standard InChI is InChI=1S/C57H39N3/c1-56(2)47-24-8-10-26-49(47)57(50-27-11-9-25-48(50)56)46-23-7-6-21-45(46)54-44(22-14-28-51(54)57)38-29-31-40(32-30-38)53-35-52(39-16-4-3-5-17-39)59-55(60-53)43-20-13-19-42(34-43)41-18-12-15-37(33-41)36-58/h3-35H,1-2H3. The maximum absolute atomic E-state index is 9.54. The number of nitrogens with zero attached hydrogens (tertiary/aromatic N) is 3. The van der Waals surface area contributed by atoms with E-state index < -0.39 is 5.41 Å². The Hall–Kier alpha value is -7.67. The van der Waals surface area contributed by atoms with Crippen LogP contribution in [-0.2, 0) is 10.8 Å². The van der Waals surface area contributed by atoms with Crippen LogP contribution >= 0.6 is 0 Å². The Bertz CT molecular complexity index is 3140. The van der Waals surface area contributed by atoms with Gasteiger partial charge in [0.05, 0.1) is 28.4 Å². The maximum Gasteiger partial charge on any atom is 0.160 e. The molecule has 2 aliphatic carbocycles. The summed E-state index contributed by atoms with van der Waals surface area (Å²) in [6.45, 7) is 4.74. The average Bonchev–Trinajstić information content (AvgIpc) is 3.62. The molecule has 0 N–H and O–H groups in total. The monoisotopic (exact) mass is 765 g/mol. The highest BCUT2D eigenvalue weighted by Gasteiger charge is 2.53. The van der Waals surface area contributed by atoms with Crippen molar-refractivity contribution < 1.29 is 0 Å². The quantitative estimate of drug-likeness (QED) is 0.175. The largest absolute Gasteiger partial charge is 0.228 e. The van der Waals surface area contributed by atoms with Crippen molar-refractivity contribution in [3.63, 3.8) is 0 Å². The Morgan fingerprint density at radius 3 is 1.55 bits per heavy atom. The molecule has 0 atom stereocenters. The summed E-state index contributed by atoms with van der Waals surface area (Å²) in [6, 6.07) is 73.6. The van der Waals surface area contributed by atoms with Gasteiger partial charge in [0.1, 0.15) is 0 Å². The Balaban J connectivity index is 1.05. The van der Waals surface area contributed by atoms with Gasteiger partial charge in [-0.1, -0.05) is 190 Å². The molecule has 3 nitrogen and oxygen atoms in total. The summed E-state index contributed by atoms with van der Waals surface area (Å²) in [4.78, 5) is 10.3. The second-order valence-electron chi connectivity index (χ2n) is 16.4. The molecule has 1 aromatic heterocycles. The van der Waals surface area contributed by atoms with Crippen molar-refractivity contribution in [2.75, 3.05) is 0 Å². The van der Waals surface area contributed by atoms with Crippen LogP contribution in [-0.4, -0.2) is 9.97 Å². The molecule has 282 valence electrons. The lowest BCUT2D eigenvalue weighted by Gasteiger charge is -2.46. The first-order chi connectivity index (χ1) is 29.4. The lowest BCUT2D eigenvalue weighted by molar-refractivity contribution is 0.563. The third kappa shape index (κ3) is 5.35. The van der Waals surface area contributed by atoms with Gasteiger partial charge in [0.15, 0.2) is 5.82 Å². The van der Waals surface area contributed by atoms with Crippen LogP contribution in [0.4, 0.5) is 0 Å². The molecule has 60 heavy (non-hydrogen) atoms. The number of rotatable bonds is 5. The minimum Gasteiger partial charge on any atom is -0.228 e. The molecule has 3 heteroatoms. The molecule has 0 amide bonds. The van der Waals surface area contributed by atoms with E-state index in [1.165, 1.54) is 50.1 Å². The third-order valence-corrected chi connectivity index (χ3v) is 12.8. The second kappa shape index (κ2) is 13.7. The number of fused-ring (bicyclic) bond motifs is 9. The Morgan fingerprint density at radius 2 is 0.867 bits per heavy atom. The molecular weight excluding hydrogens is 727 g/mol. The SMILES string of the molecule is CC1(C)c2ccccc2C2(c3ccccc3-c3c(-c4ccc(-c5cc(-c6ccccc6)nc(-c6cccc(-c7cccc(C#N)c7)c6)n5)cc4)cccc32)c2ccccc21. The summed E-state index contributed by atoms with van der Waals surface area (Å²) < 4.78 is 0. The highest BCUT2D eigenvalue weighted by Crippen LogP contribution is 2.63. The van der Waals surface area contributed by atoms with Crippen molar-refractivity contribution in [3.8, 4) is 73.4 Å². The second-order valence-corrected chi connectivity index (χ2v) is 16.4. The van der Waals surface area contributed by atoms with E-state index in [9.17, 15) is 5.26 Å². The van der Waals surface area contributed by atoms with Crippen molar-refractivity contribution in [1.29, 1.82) is 5.26 Å². The third-order valence-electron chi connectivity index (χ3n) is 12.8. The lowest BCUT2D eigenvalue weighted by Crippen LogP contribution is -2.40. The van der Waals surface area contributed by atoms with E-state index in [1.807, 2.05) is 48.5 Å². The molecule has 11 rings (SSSR count). The van der Waals surface area contributed by atoms with Gasteiger partial charge in [-0.15, -0.1) is 0 Å². The summed E-state index contributed by atoms with van der Waals surface area (Å²) in [5.74, 6) is 0.646. The molecular formula is C57H39N3. The number of benzene rings is 8. The normalized spacial score (nSPS) is 13.8. The molecule has 0 fully saturated rings. The number of hydrogen-bond donors (Lipinski definition) is 0. The van der Waals surface area contributed by atoms with Gasteiger partial charge in [-0.25, -0.2) is 9.97 Å². The molecule has 0 saturated heterocycles. The zero-order valence-corrected chi connectivity index (χ0v) is 33.4. The lowest BCUT2D eigenvalue weighted by atomic mass is 9.55. The van der Waals surface area contributed by atoms with Crippen molar-refractivity contribution in [3.05, 3.63) is 239 Å². The van der Waals surface area contributed by atoms with Crippen molar-refractivity contribution in [1.82, 2.24) is 9.97 Å². The maximum atomic E-state index is 9.54. The van der Waals surface area contributed by atoms with Gasteiger partial charge >= 0.3 is 0 Å². The van der Waals surface area contributed by atoms with Gasteiger partial charge in [-0.3, -0.25) is 0 Å². The highest BCUT2D eigenvalue weighted by molar-refractivity contribution is 5.96. The average molecular weight is 766 g/mol. The van der Waals surface area contributed by atoms with Crippen molar-refractivity contribution in [2.24, 2.45) is 0 Å². The molecule has 0 saturated carbocycles. The predicted molar refractivity (Wildman–Crippen MR) is 243 cm³/mol. The van der Waals surface area contributed by atoms with E-state index in [2.05, 4.69) is 172 Å². The summed E-state index contributed by atoms with van der Waals surface area (Å²) in [7, 11) is 0. The topological polar surface area (TPSA) is 49.6 Å². The Kier molecular flexibility index (Phi) is 8.12. The molecule has 1 spiro atoms. The van der Waals surface area contributed by atoms with Crippen molar-refractivity contribution in [2.45, 2.75) is 24.7 Å². The zero-order chi connectivity index (χ0) is 40.4. The van der Waals surface area contributed by atoms with E-state index in [4.69, 9.17) is 9.97 Å². The van der Waals surface area contributed by atoms with Gasteiger partial charge < -0.3 is 0 Å². The minimum atomic E-state index is -0.439. The molecule has 0 bridgehead atoms. The van der Waals surface area contributed by atoms with E-state index in [1.54, 1.807) is 0 Å². The summed E-state index contributed by atoms with van der Waals surface area (Å²) in [5, 5.41) is 9.54. The van der Waals surface area contributed by atoms with Crippen LogP contribution in [0.1, 0.15) is 52.8 Å². The zero-order valence-electron chi connectivity index (χ0n) is 33.4. The summed E-state index contributed by atoms with van der Waals surface area (Å²) in [5.41, 5.74) is 19.8. The minimum absolute atomic E-state index is 0.141. The first-order valence-electron chi connectivity index (χ1n) is 20.5. The fourth-order valence-corrected chi connectivity index (χ4v) is 10.1. The molecule has 8 aromatic carbocycles. The van der Waals surface area contributed by atoms with Crippen LogP contribution in [0.2, 0.25) is 0 Å². The van der Waals surface area contributed by atoms with Crippen LogP contribution in [0, 0.1) is 11.3 Å². The fourth-order valence-electron chi connectivity index (χ4n) is 10.1. The molecule has 0 radical (unpaired) electrons. The van der Waals surface area contributed by atoms with Crippen LogP contribution in [0.3, 0.4) is 0 Å². The van der Waals surface area contributed by atoms with Gasteiger partial charge in [-0.05, 0) is 91.0 Å². The summed E-state index contributed by atoms with van der Waals surface area (Å²) >= 11 is 0. The van der Waals surface area contributed by atoms with E-state index >= 15 is 0 Å². The Morgan fingerprint density at radius 1 is 0.383 bits per heavy atom. The van der Waals surface area contributed by atoms with Gasteiger partial charge in [-0.2, -0.15) is 5.26 Å². The summed E-state index contributed by atoms with van der Waals surface area (Å²) in [6.07, 6.45) is 0. The van der Waals surface area contributed by atoms with E-state index in [0.717, 1.165) is 44.8 Å². The molecule has 0 aliphatic heterocycles. The smallest absolute Gasteiger partial charge is 0.160 e. The van der Waals surface area contributed by atoms with Gasteiger partial charge in [0, 0.05) is 22.1 Å². The first kappa shape index (κ1) is 35.5. The van der Waals surface area contributed by atoms with Crippen molar-refractivity contribution >= 4 is 0 Å². The first-order valence-corrected chi connectivity index (χ1v) is 20.5. The predicted octanol–water partition coefficient (Wildman–Crippen LogP) is 13.7. The van der Waals surface area contributed by atoms with Crippen LogP contribution in [0.15, 0.2) is 200 Å². The van der Waals surface area contributed by atoms with Gasteiger partial charge in [0.25, 0.3) is 0 Å². The number of hydrogen-bond acceptors (Lipinski definition) is 3. The highest BCUT2D eigenvalue weighted by atomic mass is 14.9. The molecule has 9 aromatic rings. The number of nitriles is 1. The molecule has 0 unspecified atom stereocenters. The molecule has 1 heterocycles. The van der Waals surface area contributed by atoms with Crippen LogP contribution in [0.5, 0.6) is 0 Å². The Labute approximate surface area is 351 Å². The number of aromatic nitrogens is 2. The van der Waals surface area contributed by atoms with Gasteiger partial charge in [0.2, 0.25) is 0 Å². The fraction of sp³-hybridized carbons (Fsp3) is 0.0702. The van der Waals surface area contributed by atoms with Crippen LogP contribution < -0.4 is 0 Å². The van der Waals surface area contributed by atoms with E-state index in [0.29, 0.717) is 11.4 Å².